The third kappa shape index (κ3) is 7.91. The molecule has 0 aliphatic carbocycles. The Morgan fingerprint density at radius 3 is 2.44 bits per heavy atom. The van der Waals surface area contributed by atoms with Gasteiger partial charge in [-0.05, 0) is 25.0 Å². The Morgan fingerprint density at radius 1 is 1.38 bits per heavy atom. The number of halogens is 2. The number of ether oxygens (including phenoxy) is 1. The summed E-state index contributed by atoms with van der Waals surface area (Å²) < 4.78 is 28.8. The molecule has 0 amide bonds. The Bertz CT molecular complexity index is 198. The highest BCUT2D eigenvalue weighted by Crippen LogP contribution is 2.22. The van der Waals surface area contributed by atoms with Crippen LogP contribution in [0.25, 0.3) is 0 Å². The summed E-state index contributed by atoms with van der Waals surface area (Å²) in [5, 5.41) is -0.307. The second-order valence-electron chi connectivity index (χ2n) is 3.92. The molecule has 16 heavy (non-hydrogen) atoms. The first-order valence-corrected chi connectivity index (χ1v) is 6.58. The molecule has 0 heterocycles. The highest BCUT2D eigenvalue weighted by molar-refractivity contribution is 8.00. The van der Waals surface area contributed by atoms with E-state index in [-0.39, 0.29) is 17.6 Å². The van der Waals surface area contributed by atoms with E-state index in [2.05, 4.69) is 0 Å². The van der Waals surface area contributed by atoms with Gasteiger partial charge in [0.05, 0.1) is 6.61 Å². The van der Waals surface area contributed by atoms with Gasteiger partial charge in [-0.2, -0.15) is 0 Å². The van der Waals surface area contributed by atoms with E-state index >= 15 is 0 Å². The van der Waals surface area contributed by atoms with Crippen molar-refractivity contribution in [3.63, 3.8) is 0 Å². The van der Waals surface area contributed by atoms with Crippen molar-refractivity contribution in [1.29, 1.82) is 0 Å². The Morgan fingerprint density at radius 2 is 2.00 bits per heavy atom. The van der Waals surface area contributed by atoms with Gasteiger partial charge >= 0.3 is 5.97 Å². The summed E-state index contributed by atoms with van der Waals surface area (Å²) in [6.45, 7) is 6.08. The quantitative estimate of drug-likeness (QED) is 0.621. The minimum atomic E-state index is -2.30. The van der Waals surface area contributed by atoms with Crippen molar-refractivity contribution in [2.24, 2.45) is 5.92 Å². The lowest BCUT2D eigenvalue weighted by Gasteiger charge is -2.16. The molecule has 0 fully saturated rings. The van der Waals surface area contributed by atoms with E-state index in [1.54, 1.807) is 6.92 Å². The standard InChI is InChI=1S/C11H20F2O2S/c1-4-15-11(14)9(7-8(2)3)16-6-5-10(12)13/h8-10H,4-7H2,1-3H3. The first-order chi connectivity index (χ1) is 7.47. The molecule has 0 aromatic rings. The maximum absolute atomic E-state index is 12.0. The van der Waals surface area contributed by atoms with Crippen molar-refractivity contribution < 1.29 is 18.3 Å². The normalized spacial score (nSPS) is 13.2. The van der Waals surface area contributed by atoms with E-state index in [1.165, 1.54) is 11.8 Å². The van der Waals surface area contributed by atoms with Crippen molar-refractivity contribution in [2.45, 2.75) is 45.3 Å². The average Bonchev–Trinajstić information content (AvgIpc) is 2.15. The Kier molecular flexibility index (Phi) is 8.61. The lowest BCUT2D eigenvalue weighted by Crippen LogP contribution is -2.22. The molecular formula is C11H20F2O2S. The van der Waals surface area contributed by atoms with Gasteiger partial charge in [-0.1, -0.05) is 13.8 Å². The number of thioether (sulfide) groups is 1. The molecule has 1 unspecified atom stereocenters. The molecule has 0 aliphatic heterocycles. The fraction of sp³-hybridized carbons (Fsp3) is 0.909. The highest BCUT2D eigenvalue weighted by Gasteiger charge is 2.21. The predicted octanol–water partition coefficient (Wildman–Crippen LogP) is 3.35. The molecule has 2 nitrogen and oxygen atoms in total. The molecule has 0 radical (unpaired) electrons. The van der Waals surface area contributed by atoms with Crippen LogP contribution in [0.2, 0.25) is 0 Å². The van der Waals surface area contributed by atoms with Gasteiger partial charge in [-0.25, -0.2) is 8.78 Å². The molecule has 0 N–H and O–H groups in total. The van der Waals surface area contributed by atoms with Crippen LogP contribution in [-0.2, 0) is 9.53 Å². The number of hydrogen-bond acceptors (Lipinski definition) is 3. The molecule has 96 valence electrons. The van der Waals surface area contributed by atoms with Crippen LogP contribution in [0, 0.1) is 5.92 Å². The van der Waals surface area contributed by atoms with Crippen molar-refractivity contribution in [3.8, 4) is 0 Å². The van der Waals surface area contributed by atoms with Crippen molar-refractivity contribution in [2.75, 3.05) is 12.4 Å². The Labute approximate surface area is 100 Å². The molecule has 0 spiro atoms. The number of hydrogen-bond donors (Lipinski definition) is 0. The maximum atomic E-state index is 12.0. The largest absolute Gasteiger partial charge is 0.465 e. The Balaban J connectivity index is 4.04. The van der Waals surface area contributed by atoms with Gasteiger partial charge in [0.2, 0.25) is 6.43 Å². The molecule has 1 atom stereocenters. The summed E-state index contributed by atoms with van der Waals surface area (Å²) in [4.78, 5) is 11.5. The summed E-state index contributed by atoms with van der Waals surface area (Å²) in [5.74, 6) is 0.373. The monoisotopic (exact) mass is 254 g/mol. The molecule has 0 saturated carbocycles. The second-order valence-corrected chi connectivity index (χ2v) is 5.23. The van der Waals surface area contributed by atoms with Gasteiger partial charge in [0.25, 0.3) is 0 Å². The molecule has 0 rings (SSSR count). The van der Waals surface area contributed by atoms with Crippen LogP contribution in [0.3, 0.4) is 0 Å². The molecule has 0 bridgehead atoms. The van der Waals surface area contributed by atoms with Gasteiger partial charge in [0.1, 0.15) is 5.25 Å². The van der Waals surface area contributed by atoms with E-state index in [0.717, 1.165) is 0 Å². The van der Waals surface area contributed by atoms with Crippen molar-refractivity contribution in [3.05, 3.63) is 0 Å². The summed E-state index contributed by atoms with van der Waals surface area (Å²) in [6, 6.07) is 0. The number of carbonyl (C=O) groups excluding carboxylic acids is 1. The summed E-state index contributed by atoms with van der Waals surface area (Å²) >= 11 is 1.27. The van der Waals surface area contributed by atoms with E-state index in [0.29, 0.717) is 24.7 Å². The van der Waals surface area contributed by atoms with Crippen LogP contribution >= 0.6 is 11.8 Å². The summed E-state index contributed by atoms with van der Waals surface area (Å²) in [7, 11) is 0. The van der Waals surface area contributed by atoms with Gasteiger partial charge in [-0.3, -0.25) is 4.79 Å². The zero-order valence-corrected chi connectivity index (χ0v) is 10.9. The van der Waals surface area contributed by atoms with Crippen LogP contribution in [0.5, 0.6) is 0 Å². The lowest BCUT2D eigenvalue weighted by molar-refractivity contribution is -0.142. The zero-order valence-electron chi connectivity index (χ0n) is 10.0. The second kappa shape index (κ2) is 8.79. The number of esters is 1. The third-order valence-electron chi connectivity index (χ3n) is 1.89. The first-order valence-electron chi connectivity index (χ1n) is 5.53. The zero-order chi connectivity index (χ0) is 12.6. The highest BCUT2D eigenvalue weighted by atomic mass is 32.2. The van der Waals surface area contributed by atoms with Crippen LogP contribution in [-0.4, -0.2) is 30.0 Å². The van der Waals surface area contributed by atoms with E-state index < -0.39 is 6.43 Å². The Hall–Kier alpha value is -0.320. The molecule has 0 aliphatic rings. The van der Waals surface area contributed by atoms with Crippen LogP contribution in [0.4, 0.5) is 8.78 Å². The predicted molar refractivity (Wildman–Crippen MR) is 63.0 cm³/mol. The number of rotatable bonds is 8. The third-order valence-corrected chi connectivity index (χ3v) is 3.15. The molecule has 0 aromatic carbocycles. The average molecular weight is 254 g/mol. The van der Waals surface area contributed by atoms with Gasteiger partial charge < -0.3 is 4.74 Å². The lowest BCUT2D eigenvalue weighted by atomic mass is 10.1. The topological polar surface area (TPSA) is 26.3 Å². The minimum absolute atomic E-state index is 0.168. The maximum Gasteiger partial charge on any atom is 0.319 e. The van der Waals surface area contributed by atoms with E-state index in [4.69, 9.17) is 4.74 Å². The SMILES string of the molecule is CCOC(=O)C(CC(C)C)SCCC(F)F. The summed E-state index contributed by atoms with van der Waals surface area (Å²) in [6.07, 6.45) is -1.79. The fourth-order valence-electron chi connectivity index (χ4n) is 1.20. The molecule has 0 saturated heterocycles. The number of carbonyl (C=O) groups is 1. The van der Waals surface area contributed by atoms with Crippen LogP contribution in [0.1, 0.15) is 33.6 Å². The van der Waals surface area contributed by atoms with Crippen molar-refractivity contribution in [1.82, 2.24) is 0 Å². The van der Waals surface area contributed by atoms with Crippen molar-refractivity contribution >= 4 is 17.7 Å². The van der Waals surface area contributed by atoms with Gasteiger partial charge in [0.15, 0.2) is 0 Å². The summed E-state index contributed by atoms with van der Waals surface area (Å²) in [5.41, 5.74) is 0. The molecule has 0 aromatic heterocycles. The van der Waals surface area contributed by atoms with Crippen LogP contribution in [0.15, 0.2) is 0 Å². The smallest absolute Gasteiger partial charge is 0.319 e. The van der Waals surface area contributed by atoms with Gasteiger partial charge in [0, 0.05) is 6.42 Å². The first kappa shape index (κ1) is 15.7. The molecular weight excluding hydrogens is 234 g/mol. The fourth-order valence-corrected chi connectivity index (χ4v) is 2.52. The van der Waals surface area contributed by atoms with Crippen LogP contribution < -0.4 is 0 Å². The van der Waals surface area contributed by atoms with E-state index in [9.17, 15) is 13.6 Å². The minimum Gasteiger partial charge on any atom is -0.465 e. The van der Waals surface area contributed by atoms with E-state index in [1.807, 2.05) is 13.8 Å². The molecule has 5 heteroatoms. The van der Waals surface area contributed by atoms with Gasteiger partial charge in [-0.15, -0.1) is 11.8 Å². The number of alkyl halides is 2.